The van der Waals surface area contributed by atoms with Gasteiger partial charge in [-0.3, -0.25) is 4.90 Å². The van der Waals surface area contributed by atoms with Gasteiger partial charge in [-0.2, -0.15) is 13.2 Å². The summed E-state index contributed by atoms with van der Waals surface area (Å²) in [6.07, 6.45) is -3.28. The van der Waals surface area contributed by atoms with Crippen LogP contribution in [0.4, 0.5) is 13.2 Å². The largest absolute Gasteiger partial charge is 0.496 e. The summed E-state index contributed by atoms with van der Waals surface area (Å²) in [5, 5.41) is 3.31. The van der Waals surface area contributed by atoms with E-state index in [1.807, 2.05) is 24.3 Å². The third kappa shape index (κ3) is 5.21. The lowest BCUT2D eigenvalue weighted by atomic mass is 10.1. The Bertz CT molecular complexity index is 451. The molecule has 3 nitrogen and oxygen atoms in total. The Morgan fingerprint density at radius 2 is 2.10 bits per heavy atom. The van der Waals surface area contributed by atoms with Crippen molar-refractivity contribution in [3.8, 4) is 5.75 Å². The molecule has 0 bridgehead atoms. The summed E-state index contributed by atoms with van der Waals surface area (Å²) < 4.78 is 42.2. The molecule has 118 valence electrons. The molecule has 1 aromatic rings. The van der Waals surface area contributed by atoms with Crippen LogP contribution in [0.3, 0.4) is 0 Å². The van der Waals surface area contributed by atoms with Crippen LogP contribution in [0.15, 0.2) is 24.3 Å². The van der Waals surface area contributed by atoms with Crippen LogP contribution in [0, 0.1) is 5.92 Å². The Balaban J connectivity index is 1.72. The highest BCUT2D eigenvalue weighted by Gasteiger charge is 2.34. The minimum absolute atomic E-state index is 0.280. The first kappa shape index (κ1) is 16.1. The SMILES string of the molecule is COc1ccccc1CNC[C@@H]1CCN(CC(F)(F)F)C1. The molecule has 1 aliphatic heterocycles. The van der Waals surface area contributed by atoms with Gasteiger partial charge in [-0.25, -0.2) is 0 Å². The number of rotatable bonds is 6. The normalized spacial score (nSPS) is 19.9. The maximum Gasteiger partial charge on any atom is 0.401 e. The van der Waals surface area contributed by atoms with E-state index in [-0.39, 0.29) is 5.92 Å². The van der Waals surface area contributed by atoms with Crippen molar-refractivity contribution in [2.45, 2.75) is 19.1 Å². The van der Waals surface area contributed by atoms with Crippen molar-refractivity contribution in [3.05, 3.63) is 29.8 Å². The van der Waals surface area contributed by atoms with Gasteiger partial charge in [0.1, 0.15) is 5.75 Å². The Hall–Kier alpha value is -1.27. The lowest BCUT2D eigenvalue weighted by Crippen LogP contribution is -2.33. The molecule has 6 heteroatoms. The van der Waals surface area contributed by atoms with Gasteiger partial charge in [0.25, 0.3) is 0 Å². The molecule has 1 saturated heterocycles. The van der Waals surface area contributed by atoms with Crippen molar-refractivity contribution in [1.82, 2.24) is 10.2 Å². The number of nitrogens with one attached hydrogen (secondary N) is 1. The van der Waals surface area contributed by atoms with E-state index in [1.165, 1.54) is 4.90 Å². The summed E-state index contributed by atoms with van der Waals surface area (Å²) >= 11 is 0. The second-order valence-corrected chi connectivity index (χ2v) is 5.45. The number of benzene rings is 1. The lowest BCUT2D eigenvalue weighted by molar-refractivity contribution is -0.143. The molecular weight excluding hydrogens is 281 g/mol. The van der Waals surface area contributed by atoms with Crippen LogP contribution in [0.5, 0.6) is 5.75 Å². The van der Waals surface area contributed by atoms with Gasteiger partial charge in [-0.05, 0) is 31.5 Å². The van der Waals surface area contributed by atoms with E-state index in [9.17, 15) is 13.2 Å². The van der Waals surface area contributed by atoms with Gasteiger partial charge in [0.2, 0.25) is 0 Å². The first-order valence-corrected chi connectivity index (χ1v) is 7.09. The van der Waals surface area contributed by atoms with Crippen molar-refractivity contribution < 1.29 is 17.9 Å². The molecule has 0 spiro atoms. The van der Waals surface area contributed by atoms with Crippen molar-refractivity contribution in [2.24, 2.45) is 5.92 Å². The van der Waals surface area contributed by atoms with Gasteiger partial charge in [-0.1, -0.05) is 18.2 Å². The zero-order valence-electron chi connectivity index (χ0n) is 12.1. The second kappa shape index (κ2) is 7.13. The molecular formula is C15H21F3N2O. The second-order valence-electron chi connectivity index (χ2n) is 5.45. The van der Waals surface area contributed by atoms with Crippen LogP contribution in [0.1, 0.15) is 12.0 Å². The van der Waals surface area contributed by atoms with Crippen molar-refractivity contribution in [1.29, 1.82) is 0 Å². The molecule has 0 unspecified atom stereocenters. The van der Waals surface area contributed by atoms with Gasteiger partial charge in [-0.15, -0.1) is 0 Å². The molecule has 21 heavy (non-hydrogen) atoms. The van der Waals surface area contributed by atoms with E-state index in [1.54, 1.807) is 7.11 Å². The van der Waals surface area contributed by atoms with Crippen LogP contribution < -0.4 is 10.1 Å². The topological polar surface area (TPSA) is 24.5 Å². The molecule has 1 aliphatic rings. The van der Waals surface area contributed by atoms with E-state index in [0.717, 1.165) is 24.3 Å². The summed E-state index contributed by atoms with van der Waals surface area (Å²) in [5.41, 5.74) is 1.06. The number of halogens is 3. The third-order valence-electron chi connectivity index (χ3n) is 3.71. The molecule has 0 aromatic heterocycles. The van der Waals surface area contributed by atoms with Crippen molar-refractivity contribution in [3.63, 3.8) is 0 Å². The van der Waals surface area contributed by atoms with Gasteiger partial charge in [0.05, 0.1) is 13.7 Å². The predicted octanol–water partition coefficient (Wildman–Crippen LogP) is 2.67. The predicted molar refractivity (Wildman–Crippen MR) is 75.3 cm³/mol. The quantitative estimate of drug-likeness (QED) is 0.874. The first-order valence-electron chi connectivity index (χ1n) is 7.09. The number of methoxy groups -OCH3 is 1. The summed E-state index contributed by atoms with van der Waals surface area (Å²) in [5.74, 6) is 1.11. The van der Waals surface area contributed by atoms with Gasteiger partial charge in [0, 0.05) is 18.7 Å². The Kier molecular flexibility index (Phi) is 5.47. The first-order chi connectivity index (χ1) is 9.98. The fourth-order valence-electron chi connectivity index (χ4n) is 2.74. The highest BCUT2D eigenvalue weighted by molar-refractivity contribution is 5.32. The Morgan fingerprint density at radius 1 is 1.33 bits per heavy atom. The lowest BCUT2D eigenvalue weighted by Gasteiger charge is -2.18. The molecule has 0 aliphatic carbocycles. The van der Waals surface area contributed by atoms with Crippen molar-refractivity contribution >= 4 is 0 Å². The highest BCUT2D eigenvalue weighted by atomic mass is 19.4. The minimum Gasteiger partial charge on any atom is -0.496 e. The molecule has 1 aromatic carbocycles. The van der Waals surface area contributed by atoms with Crippen LogP contribution >= 0.6 is 0 Å². The molecule has 1 heterocycles. The summed E-state index contributed by atoms with van der Waals surface area (Å²) in [4.78, 5) is 1.48. The van der Waals surface area contributed by atoms with Gasteiger partial charge < -0.3 is 10.1 Å². The maximum absolute atomic E-state index is 12.3. The fraction of sp³-hybridized carbons (Fsp3) is 0.600. The molecule has 1 atom stereocenters. The van der Waals surface area contributed by atoms with Crippen LogP contribution in [0.25, 0.3) is 0 Å². The van der Waals surface area contributed by atoms with Gasteiger partial charge in [0.15, 0.2) is 0 Å². The van der Waals surface area contributed by atoms with Crippen LogP contribution in [0.2, 0.25) is 0 Å². The average molecular weight is 302 g/mol. The van der Waals surface area contributed by atoms with Crippen LogP contribution in [-0.2, 0) is 6.54 Å². The fourth-order valence-corrected chi connectivity index (χ4v) is 2.74. The van der Waals surface area contributed by atoms with E-state index >= 15 is 0 Å². The number of hydrogen-bond acceptors (Lipinski definition) is 3. The summed E-state index contributed by atoms with van der Waals surface area (Å²) in [6, 6.07) is 7.74. The number of nitrogens with zero attached hydrogens (tertiary/aromatic N) is 1. The number of para-hydroxylation sites is 1. The standard InChI is InChI=1S/C15H21F3N2O/c1-21-14-5-3-2-4-13(14)9-19-8-12-6-7-20(10-12)11-15(16,17)18/h2-5,12,19H,6-11H2,1H3/t12-/m0/s1. The number of alkyl halides is 3. The van der Waals surface area contributed by atoms with Crippen molar-refractivity contribution in [2.75, 3.05) is 33.3 Å². The maximum atomic E-state index is 12.3. The summed E-state index contributed by atoms with van der Waals surface area (Å²) in [6.45, 7) is 1.64. The van der Waals surface area contributed by atoms with E-state index < -0.39 is 12.7 Å². The van der Waals surface area contributed by atoms with E-state index in [0.29, 0.717) is 19.6 Å². The zero-order valence-corrected chi connectivity index (χ0v) is 12.1. The number of ether oxygens (including phenoxy) is 1. The molecule has 0 radical (unpaired) electrons. The van der Waals surface area contributed by atoms with E-state index in [4.69, 9.17) is 4.74 Å². The molecule has 0 amide bonds. The zero-order chi connectivity index (χ0) is 15.3. The highest BCUT2D eigenvalue weighted by Crippen LogP contribution is 2.22. The number of hydrogen-bond donors (Lipinski definition) is 1. The van der Waals surface area contributed by atoms with Crippen LogP contribution in [-0.4, -0.2) is 44.4 Å². The molecule has 1 fully saturated rings. The molecule has 2 rings (SSSR count). The minimum atomic E-state index is -4.10. The summed E-state index contributed by atoms with van der Waals surface area (Å²) in [7, 11) is 1.63. The molecule has 0 saturated carbocycles. The Morgan fingerprint density at radius 3 is 2.81 bits per heavy atom. The Labute approximate surface area is 123 Å². The number of likely N-dealkylation sites (tertiary alicyclic amines) is 1. The third-order valence-corrected chi connectivity index (χ3v) is 3.71. The van der Waals surface area contributed by atoms with E-state index in [2.05, 4.69) is 5.32 Å². The molecule has 1 N–H and O–H groups in total. The average Bonchev–Trinajstić information content (AvgIpc) is 2.84. The smallest absolute Gasteiger partial charge is 0.401 e. The van der Waals surface area contributed by atoms with Gasteiger partial charge >= 0.3 is 6.18 Å². The monoisotopic (exact) mass is 302 g/mol.